The number of ether oxygens (including phenoxy) is 1. The Morgan fingerprint density at radius 1 is 1.47 bits per heavy atom. The third kappa shape index (κ3) is 3.74. The van der Waals surface area contributed by atoms with Gasteiger partial charge in [-0.3, -0.25) is 4.90 Å². The first-order valence-electron chi connectivity index (χ1n) is 6.19. The summed E-state index contributed by atoms with van der Waals surface area (Å²) in [7, 11) is 2.03. The lowest BCUT2D eigenvalue weighted by atomic mass is 10.0. The van der Waals surface area contributed by atoms with Gasteiger partial charge in [-0.15, -0.1) is 0 Å². The standard InChI is InChI=1S/C12H26N2O/c1-5-11-9-14(6-7-15-11)12(8-13-4)10(2)3/h10-13H,5-9H2,1-4H3. The molecule has 2 unspecified atom stereocenters. The summed E-state index contributed by atoms with van der Waals surface area (Å²) >= 11 is 0. The number of likely N-dealkylation sites (N-methyl/N-ethyl adjacent to an activating group) is 1. The monoisotopic (exact) mass is 214 g/mol. The smallest absolute Gasteiger partial charge is 0.0700 e. The van der Waals surface area contributed by atoms with E-state index in [1.165, 1.54) is 0 Å². The normalized spacial score (nSPS) is 25.8. The highest BCUT2D eigenvalue weighted by atomic mass is 16.5. The fourth-order valence-corrected chi connectivity index (χ4v) is 2.29. The Balaban J connectivity index is 2.50. The maximum atomic E-state index is 5.70. The van der Waals surface area contributed by atoms with Crippen molar-refractivity contribution in [2.75, 3.05) is 33.3 Å². The molecule has 0 radical (unpaired) electrons. The average Bonchev–Trinajstić information content (AvgIpc) is 2.25. The van der Waals surface area contributed by atoms with Crippen molar-refractivity contribution in [3.05, 3.63) is 0 Å². The predicted octanol–water partition coefficient (Wildman–Crippen LogP) is 1.34. The number of nitrogens with one attached hydrogen (secondary N) is 1. The zero-order valence-electron chi connectivity index (χ0n) is 10.6. The van der Waals surface area contributed by atoms with E-state index in [2.05, 4.69) is 31.0 Å². The summed E-state index contributed by atoms with van der Waals surface area (Å²) in [6.07, 6.45) is 1.57. The van der Waals surface area contributed by atoms with Crippen molar-refractivity contribution in [1.29, 1.82) is 0 Å². The van der Waals surface area contributed by atoms with Crippen LogP contribution in [0.4, 0.5) is 0 Å². The zero-order chi connectivity index (χ0) is 11.3. The summed E-state index contributed by atoms with van der Waals surface area (Å²) in [5, 5.41) is 3.30. The highest BCUT2D eigenvalue weighted by Gasteiger charge is 2.26. The number of rotatable bonds is 5. The summed E-state index contributed by atoms with van der Waals surface area (Å²) in [5.41, 5.74) is 0. The van der Waals surface area contributed by atoms with Crippen molar-refractivity contribution >= 4 is 0 Å². The minimum Gasteiger partial charge on any atom is -0.376 e. The Morgan fingerprint density at radius 2 is 2.20 bits per heavy atom. The Morgan fingerprint density at radius 3 is 2.73 bits per heavy atom. The van der Waals surface area contributed by atoms with Gasteiger partial charge in [-0.05, 0) is 19.4 Å². The third-order valence-corrected chi connectivity index (χ3v) is 3.28. The first-order valence-corrected chi connectivity index (χ1v) is 6.19. The minimum absolute atomic E-state index is 0.442. The molecule has 3 nitrogen and oxygen atoms in total. The van der Waals surface area contributed by atoms with E-state index in [0.29, 0.717) is 18.1 Å². The van der Waals surface area contributed by atoms with Crippen LogP contribution >= 0.6 is 0 Å². The van der Waals surface area contributed by atoms with Crippen molar-refractivity contribution in [3.8, 4) is 0 Å². The van der Waals surface area contributed by atoms with Crippen LogP contribution in [-0.4, -0.2) is 50.3 Å². The van der Waals surface area contributed by atoms with E-state index in [4.69, 9.17) is 4.74 Å². The molecule has 0 spiro atoms. The van der Waals surface area contributed by atoms with Crippen LogP contribution < -0.4 is 5.32 Å². The molecule has 1 heterocycles. The van der Waals surface area contributed by atoms with Crippen molar-refractivity contribution < 1.29 is 4.74 Å². The van der Waals surface area contributed by atoms with Gasteiger partial charge in [-0.1, -0.05) is 20.8 Å². The summed E-state index contributed by atoms with van der Waals surface area (Å²) < 4.78 is 5.70. The van der Waals surface area contributed by atoms with E-state index in [1.807, 2.05) is 7.05 Å². The Bertz CT molecular complexity index is 173. The second-order valence-electron chi connectivity index (χ2n) is 4.77. The second kappa shape index (κ2) is 6.46. The fourth-order valence-electron chi connectivity index (χ4n) is 2.29. The molecule has 1 rings (SSSR count). The quantitative estimate of drug-likeness (QED) is 0.747. The SMILES string of the molecule is CCC1CN(C(CNC)C(C)C)CCO1. The number of morpholine rings is 1. The van der Waals surface area contributed by atoms with Gasteiger partial charge in [-0.2, -0.15) is 0 Å². The molecule has 1 saturated heterocycles. The second-order valence-corrected chi connectivity index (χ2v) is 4.77. The van der Waals surface area contributed by atoms with Crippen LogP contribution in [0.5, 0.6) is 0 Å². The number of hydrogen-bond acceptors (Lipinski definition) is 3. The van der Waals surface area contributed by atoms with E-state index >= 15 is 0 Å². The molecule has 1 fully saturated rings. The van der Waals surface area contributed by atoms with Crippen LogP contribution in [0.3, 0.4) is 0 Å². The Labute approximate surface area is 94.2 Å². The van der Waals surface area contributed by atoms with Gasteiger partial charge in [-0.25, -0.2) is 0 Å². The number of hydrogen-bond donors (Lipinski definition) is 1. The van der Waals surface area contributed by atoms with Gasteiger partial charge in [0.25, 0.3) is 0 Å². The van der Waals surface area contributed by atoms with Crippen LogP contribution in [0.2, 0.25) is 0 Å². The highest BCUT2D eigenvalue weighted by Crippen LogP contribution is 2.16. The van der Waals surface area contributed by atoms with Crippen molar-refractivity contribution in [3.63, 3.8) is 0 Å². The summed E-state index contributed by atoms with van der Waals surface area (Å²) in [6, 6.07) is 0.646. The molecule has 15 heavy (non-hydrogen) atoms. The molecule has 0 aromatic heterocycles. The first kappa shape index (κ1) is 12.9. The summed E-state index contributed by atoms with van der Waals surface area (Å²) in [5.74, 6) is 0.702. The van der Waals surface area contributed by atoms with E-state index in [0.717, 1.165) is 32.7 Å². The topological polar surface area (TPSA) is 24.5 Å². The van der Waals surface area contributed by atoms with E-state index in [9.17, 15) is 0 Å². The van der Waals surface area contributed by atoms with Gasteiger partial charge in [0.15, 0.2) is 0 Å². The molecular formula is C12H26N2O. The Kier molecular flexibility index (Phi) is 5.58. The molecule has 90 valence electrons. The molecule has 0 aromatic carbocycles. The van der Waals surface area contributed by atoms with Gasteiger partial charge in [0.1, 0.15) is 0 Å². The van der Waals surface area contributed by atoms with Gasteiger partial charge < -0.3 is 10.1 Å². The Hall–Kier alpha value is -0.120. The molecule has 0 bridgehead atoms. The maximum Gasteiger partial charge on any atom is 0.0700 e. The third-order valence-electron chi connectivity index (χ3n) is 3.28. The van der Waals surface area contributed by atoms with Crippen LogP contribution in [-0.2, 0) is 4.74 Å². The van der Waals surface area contributed by atoms with Crippen molar-refractivity contribution in [2.24, 2.45) is 5.92 Å². The minimum atomic E-state index is 0.442. The molecule has 0 saturated carbocycles. The molecule has 0 amide bonds. The van der Waals surface area contributed by atoms with E-state index in [-0.39, 0.29) is 0 Å². The van der Waals surface area contributed by atoms with Crippen LogP contribution in [0.1, 0.15) is 27.2 Å². The molecule has 3 heteroatoms. The molecule has 0 aromatic rings. The maximum absolute atomic E-state index is 5.70. The van der Waals surface area contributed by atoms with Gasteiger partial charge in [0, 0.05) is 25.7 Å². The zero-order valence-corrected chi connectivity index (χ0v) is 10.6. The van der Waals surface area contributed by atoms with Gasteiger partial charge >= 0.3 is 0 Å². The predicted molar refractivity (Wildman–Crippen MR) is 64.2 cm³/mol. The van der Waals surface area contributed by atoms with Crippen LogP contribution in [0.15, 0.2) is 0 Å². The molecule has 1 aliphatic rings. The largest absolute Gasteiger partial charge is 0.376 e. The summed E-state index contributed by atoms with van der Waals surface area (Å²) in [6.45, 7) is 11.0. The lowest BCUT2D eigenvalue weighted by Crippen LogP contribution is -2.52. The van der Waals surface area contributed by atoms with Gasteiger partial charge in [0.2, 0.25) is 0 Å². The van der Waals surface area contributed by atoms with E-state index < -0.39 is 0 Å². The molecule has 0 aliphatic carbocycles. The molecule has 1 N–H and O–H groups in total. The number of nitrogens with zero attached hydrogens (tertiary/aromatic N) is 1. The van der Waals surface area contributed by atoms with Crippen molar-refractivity contribution in [2.45, 2.75) is 39.3 Å². The van der Waals surface area contributed by atoms with Crippen LogP contribution in [0, 0.1) is 5.92 Å². The molecule has 1 aliphatic heterocycles. The first-order chi connectivity index (χ1) is 7.19. The summed E-state index contributed by atoms with van der Waals surface area (Å²) in [4.78, 5) is 2.58. The van der Waals surface area contributed by atoms with Gasteiger partial charge in [0.05, 0.1) is 12.7 Å². The molecule has 2 atom stereocenters. The van der Waals surface area contributed by atoms with E-state index in [1.54, 1.807) is 0 Å². The molecular weight excluding hydrogens is 188 g/mol. The fraction of sp³-hybridized carbons (Fsp3) is 1.00. The lowest BCUT2D eigenvalue weighted by Gasteiger charge is -2.40. The highest BCUT2D eigenvalue weighted by molar-refractivity contribution is 4.81. The van der Waals surface area contributed by atoms with Crippen molar-refractivity contribution in [1.82, 2.24) is 10.2 Å². The average molecular weight is 214 g/mol. The van der Waals surface area contributed by atoms with Crippen LogP contribution in [0.25, 0.3) is 0 Å². The lowest BCUT2D eigenvalue weighted by molar-refractivity contribution is -0.0502.